The Morgan fingerprint density at radius 2 is 1.79 bits per heavy atom. The molecule has 9 heteroatoms. The molecule has 2 unspecified atom stereocenters. The van der Waals surface area contributed by atoms with Gasteiger partial charge in [-0.05, 0) is 47.9 Å². The number of fused-ring (bicyclic) bond motifs is 4. The van der Waals surface area contributed by atoms with Gasteiger partial charge in [0.25, 0.3) is 11.8 Å². The summed E-state index contributed by atoms with van der Waals surface area (Å²) in [6.45, 7) is 0.896. The van der Waals surface area contributed by atoms with Gasteiger partial charge >= 0.3 is 6.03 Å². The number of imide groups is 1. The molecule has 4 aromatic rings. The van der Waals surface area contributed by atoms with E-state index in [4.69, 9.17) is 4.74 Å². The number of hydrogen-bond donors (Lipinski definition) is 2. The van der Waals surface area contributed by atoms with E-state index in [9.17, 15) is 18.8 Å². The number of aromatic amines is 1. The third kappa shape index (κ3) is 4.15. The summed E-state index contributed by atoms with van der Waals surface area (Å²) in [6, 6.07) is 18.5. The van der Waals surface area contributed by atoms with E-state index in [1.807, 2.05) is 24.3 Å². The van der Waals surface area contributed by atoms with Crippen molar-refractivity contribution < 1.29 is 23.5 Å². The summed E-state index contributed by atoms with van der Waals surface area (Å²) in [5.41, 5.74) is 3.81. The lowest BCUT2D eigenvalue weighted by molar-refractivity contribution is -0.120. The minimum atomic E-state index is -0.780. The standard InChI is InChI=1S/C30H27FN4O4/c1-39-16-6-15-32-28(36)21-8-3-5-10-24(21)35-29(37)25-17-22-20-7-2-4-9-23(20)33-26(22)27(34(25)30(35)38)18-11-13-19(31)14-12-18/h2-5,7-14,25,27,33H,6,15-17H2,1H3,(H,32,36). The molecule has 0 bridgehead atoms. The quantitative estimate of drug-likeness (QED) is 0.273. The minimum Gasteiger partial charge on any atom is -0.385 e. The van der Waals surface area contributed by atoms with Crippen LogP contribution in [0.2, 0.25) is 0 Å². The van der Waals surface area contributed by atoms with Crippen LogP contribution in [0.4, 0.5) is 14.9 Å². The first-order valence-electron chi connectivity index (χ1n) is 12.9. The molecule has 0 saturated carbocycles. The highest BCUT2D eigenvalue weighted by molar-refractivity contribution is 6.24. The van der Waals surface area contributed by atoms with Crippen molar-refractivity contribution >= 4 is 34.4 Å². The maximum Gasteiger partial charge on any atom is 0.332 e. The van der Waals surface area contributed by atoms with Crippen LogP contribution in [0, 0.1) is 5.82 Å². The predicted octanol–water partition coefficient (Wildman–Crippen LogP) is 4.56. The number of anilines is 1. The summed E-state index contributed by atoms with van der Waals surface area (Å²) in [7, 11) is 1.59. The Bertz CT molecular complexity index is 1580. The zero-order valence-electron chi connectivity index (χ0n) is 21.3. The molecule has 1 fully saturated rings. The SMILES string of the molecule is COCCCNC(=O)c1ccccc1N1C(=O)C2Cc3c([nH]c4ccccc34)C(c3ccc(F)cc3)N2C1=O. The van der Waals surface area contributed by atoms with Gasteiger partial charge in [-0.15, -0.1) is 0 Å². The molecule has 1 saturated heterocycles. The summed E-state index contributed by atoms with van der Waals surface area (Å²) in [5, 5.41) is 3.82. The Balaban J connectivity index is 1.42. The molecule has 198 valence electrons. The Kier molecular flexibility index (Phi) is 6.36. The van der Waals surface area contributed by atoms with Crippen molar-refractivity contribution in [2.45, 2.75) is 24.9 Å². The molecule has 0 aliphatic carbocycles. The molecule has 8 nitrogen and oxygen atoms in total. The second-order valence-corrected chi connectivity index (χ2v) is 9.72. The van der Waals surface area contributed by atoms with E-state index in [2.05, 4.69) is 10.3 Å². The lowest BCUT2D eigenvalue weighted by Crippen LogP contribution is -2.44. The second kappa shape index (κ2) is 9.99. The van der Waals surface area contributed by atoms with Crippen LogP contribution in [0.5, 0.6) is 0 Å². The Hall–Kier alpha value is -4.50. The number of benzene rings is 3. The van der Waals surface area contributed by atoms with Crippen LogP contribution in [0.25, 0.3) is 10.9 Å². The van der Waals surface area contributed by atoms with Crippen LogP contribution in [0.3, 0.4) is 0 Å². The van der Waals surface area contributed by atoms with Gasteiger partial charge in [0.05, 0.1) is 11.3 Å². The number of carbonyl (C=O) groups is 3. The van der Waals surface area contributed by atoms with Gasteiger partial charge in [-0.2, -0.15) is 0 Å². The third-order valence-electron chi connectivity index (χ3n) is 7.44. The zero-order chi connectivity index (χ0) is 27.1. The highest BCUT2D eigenvalue weighted by atomic mass is 19.1. The molecule has 1 aromatic heterocycles. The van der Waals surface area contributed by atoms with Gasteiger partial charge in [-0.3, -0.25) is 14.5 Å². The molecule has 0 spiro atoms. The van der Waals surface area contributed by atoms with Crippen molar-refractivity contribution in [3.8, 4) is 0 Å². The van der Waals surface area contributed by atoms with Crippen LogP contribution in [-0.2, 0) is 16.0 Å². The number of para-hydroxylation sites is 2. The first-order valence-corrected chi connectivity index (χ1v) is 12.9. The molecule has 2 aliphatic heterocycles. The smallest absolute Gasteiger partial charge is 0.332 e. The summed E-state index contributed by atoms with van der Waals surface area (Å²) in [4.78, 5) is 47.2. The molecule has 6 rings (SSSR count). The lowest BCUT2D eigenvalue weighted by atomic mass is 9.89. The first-order chi connectivity index (χ1) is 19.0. The van der Waals surface area contributed by atoms with Gasteiger partial charge in [-0.25, -0.2) is 14.1 Å². The van der Waals surface area contributed by atoms with Crippen LogP contribution in [0.15, 0.2) is 72.8 Å². The summed E-state index contributed by atoms with van der Waals surface area (Å²) in [6.07, 6.45) is 0.955. The number of H-pyrrole nitrogens is 1. The number of hydrogen-bond acceptors (Lipinski definition) is 4. The van der Waals surface area contributed by atoms with Crippen molar-refractivity contribution in [1.82, 2.24) is 15.2 Å². The molecular weight excluding hydrogens is 499 g/mol. The monoisotopic (exact) mass is 526 g/mol. The first kappa shape index (κ1) is 24.8. The molecule has 39 heavy (non-hydrogen) atoms. The lowest BCUT2D eigenvalue weighted by Gasteiger charge is -2.36. The van der Waals surface area contributed by atoms with Crippen LogP contribution < -0.4 is 10.2 Å². The number of amides is 4. The number of carbonyl (C=O) groups excluding carboxylic acids is 3. The Morgan fingerprint density at radius 3 is 2.59 bits per heavy atom. The maximum absolute atomic E-state index is 14.1. The van der Waals surface area contributed by atoms with E-state index >= 15 is 0 Å². The maximum atomic E-state index is 14.1. The van der Waals surface area contributed by atoms with Crippen LogP contribution >= 0.6 is 0 Å². The molecule has 2 aliphatic rings. The average Bonchev–Trinajstić information content (AvgIpc) is 3.44. The molecule has 2 atom stereocenters. The molecule has 3 heterocycles. The van der Waals surface area contributed by atoms with E-state index in [0.29, 0.717) is 31.6 Å². The van der Waals surface area contributed by atoms with Gasteiger partial charge in [0.15, 0.2) is 0 Å². The fraction of sp³-hybridized carbons (Fsp3) is 0.233. The summed E-state index contributed by atoms with van der Waals surface area (Å²) in [5.74, 6) is -1.17. The number of urea groups is 1. The van der Waals surface area contributed by atoms with Crippen LogP contribution in [-0.4, -0.2) is 54.0 Å². The summed E-state index contributed by atoms with van der Waals surface area (Å²) < 4.78 is 18.9. The van der Waals surface area contributed by atoms with Crippen molar-refractivity contribution in [1.29, 1.82) is 0 Å². The van der Waals surface area contributed by atoms with Crippen LogP contribution in [0.1, 0.15) is 39.6 Å². The average molecular weight is 527 g/mol. The van der Waals surface area contributed by atoms with Crippen molar-refractivity contribution in [2.24, 2.45) is 0 Å². The molecule has 0 radical (unpaired) electrons. The van der Waals surface area contributed by atoms with Crippen molar-refractivity contribution in [3.63, 3.8) is 0 Å². The molecule has 4 amide bonds. The number of methoxy groups -OCH3 is 1. The Labute approximate surface area is 224 Å². The second-order valence-electron chi connectivity index (χ2n) is 9.72. The van der Waals surface area contributed by atoms with Gasteiger partial charge in [0, 0.05) is 43.3 Å². The third-order valence-corrected chi connectivity index (χ3v) is 7.44. The zero-order valence-corrected chi connectivity index (χ0v) is 21.3. The fourth-order valence-electron chi connectivity index (χ4n) is 5.66. The number of halogens is 1. The van der Waals surface area contributed by atoms with Crippen molar-refractivity contribution in [2.75, 3.05) is 25.2 Å². The van der Waals surface area contributed by atoms with E-state index in [1.54, 1.807) is 48.4 Å². The van der Waals surface area contributed by atoms with Crippen molar-refractivity contribution in [3.05, 3.63) is 101 Å². The number of aromatic nitrogens is 1. The molecule has 3 aromatic carbocycles. The minimum absolute atomic E-state index is 0.234. The largest absolute Gasteiger partial charge is 0.385 e. The van der Waals surface area contributed by atoms with E-state index in [0.717, 1.165) is 27.1 Å². The molecule has 2 N–H and O–H groups in total. The van der Waals surface area contributed by atoms with Gasteiger partial charge in [0.2, 0.25) is 0 Å². The molecular formula is C30H27FN4O4. The topological polar surface area (TPSA) is 94.7 Å². The van der Waals surface area contributed by atoms with Gasteiger partial charge in [0.1, 0.15) is 17.9 Å². The highest BCUT2D eigenvalue weighted by Crippen LogP contribution is 2.45. The van der Waals surface area contributed by atoms with Gasteiger partial charge < -0.3 is 15.0 Å². The number of rotatable bonds is 7. The Morgan fingerprint density at radius 1 is 1.05 bits per heavy atom. The van der Waals surface area contributed by atoms with E-state index in [-0.39, 0.29) is 23.0 Å². The predicted molar refractivity (Wildman–Crippen MR) is 144 cm³/mol. The number of ether oxygens (including phenoxy) is 1. The van der Waals surface area contributed by atoms with Gasteiger partial charge in [-0.1, -0.05) is 42.5 Å². The highest BCUT2D eigenvalue weighted by Gasteiger charge is 2.53. The summed E-state index contributed by atoms with van der Waals surface area (Å²) >= 11 is 0. The number of nitrogens with zero attached hydrogens (tertiary/aromatic N) is 2. The van der Waals surface area contributed by atoms with E-state index < -0.39 is 24.0 Å². The normalized spacial score (nSPS) is 18.4. The van der Waals surface area contributed by atoms with E-state index in [1.165, 1.54) is 12.1 Å². The number of nitrogens with one attached hydrogen (secondary N) is 2. The fourth-order valence-corrected chi connectivity index (χ4v) is 5.66.